The van der Waals surface area contributed by atoms with Crippen LogP contribution in [0.15, 0.2) is 29.1 Å². The fourth-order valence-electron chi connectivity index (χ4n) is 3.10. The SMILES string of the molecule is Cc1ccccc1CN(C)C(=O)COC(=O)CCc1c(C)[nH]c(=O)c(C#N)c1C. The fourth-order valence-corrected chi connectivity index (χ4v) is 3.10. The average molecular weight is 395 g/mol. The van der Waals surface area contributed by atoms with Crippen molar-refractivity contribution in [1.29, 1.82) is 5.26 Å². The van der Waals surface area contributed by atoms with E-state index in [0.29, 0.717) is 24.2 Å². The third kappa shape index (κ3) is 5.55. The maximum atomic E-state index is 12.2. The molecule has 1 aromatic carbocycles. The highest BCUT2D eigenvalue weighted by Crippen LogP contribution is 2.15. The molecule has 0 unspecified atom stereocenters. The second kappa shape index (κ2) is 9.69. The Bertz CT molecular complexity index is 1020. The van der Waals surface area contributed by atoms with E-state index in [-0.39, 0.29) is 24.5 Å². The molecule has 1 N–H and O–H groups in total. The number of nitrogens with zero attached hydrogens (tertiary/aromatic N) is 2. The summed E-state index contributed by atoms with van der Waals surface area (Å²) >= 11 is 0. The monoisotopic (exact) mass is 395 g/mol. The molecular weight excluding hydrogens is 370 g/mol. The van der Waals surface area contributed by atoms with Gasteiger partial charge < -0.3 is 14.6 Å². The van der Waals surface area contributed by atoms with Gasteiger partial charge in [0.25, 0.3) is 11.5 Å². The Morgan fingerprint density at radius 1 is 1.21 bits per heavy atom. The molecule has 29 heavy (non-hydrogen) atoms. The van der Waals surface area contributed by atoms with E-state index < -0.39 is 11.5 Å². The minimum atomic E-state index is -0.508. The zero-order valence-electron chi connectivity index (χ0n) is 17.2. The lowest BCUT2D eigenvalue weighted by atomic mass is 9.99. The Labute approximate surface area is 169 Å². The van der Waals surface area contributed by atoms with E-state index in [0.717, 1.165) is 16.7 Å². The number of rotatable bonds is 7. The molecule has 0 saturated heterocycles. The van der Waals surface area contributed by atoms with E-state index in [1.165, 1.54) is 4.90 Å². The molecule has 0 spiro atoms. The molecule has 152 valence electrons. The van der Waals surface area contributed by atoms with Crippen molar-refractivity contribution in [2.45, 2.75) is 40.2 Å². The first-order chi connectivity index (χ1) is 13.7. The second-order valence-corrected chi connectivity index (χ2v) is 7.01. The Balaban J connectivity index is 1.89. The first kappa shape index (κ1) is 21.9. The van der Waals surface area contributed by atoms with Gasteiger partial charge in [0.15, 0.2) is 6.61 Å². The Hall–Kier alpha value is -3.40. The van der Waals surface area contributed by atoms with Gasteiger partial charge in [-0.1, -0.05) is 24.3 Å². The van der Waals surface area contributed by atoms with Gasteiger partial charge in [-0.25, -0.2) is 0 Å². The van der Waals surface area contributed by atoms with Crippen LogP contribution in [-0.4, -0.2) is 35.4 Å². The van der Waals surface area contributed by atoms with Crippen molar-refractivity contribution in [2.24, 2.45) is 0 Å². The number of carbonyl (C=O) groups is 2. The number of nitrogens with one attached hydrogen (secondary N) is 1. The summed E-state index contributed by atoms with van der Waals surface area (Å²) in [6.45, 7) is 5.50. The van der Waals surface area contributed by atoms with Crippen molar-refractivity contribution in [3.63, 3.8) is 0 Å². The number of likely N-dealkylation sites (N-methyl/N-ethyl adjacent to an activating group) is 1. The molecule has 0 aliphatic rings. The summed E-state index contributed by atoms with van der Waals surface area (Å²) in [5.41, 5.74) is 3.66. The number of pyridine rings is 1. The van der Waals surface area contributed by atoms with Crippen LogP contribution in [0, 0.1) is 32.1 Å². The minimum absolute atomic E-state index is 0.0481. The highest BCUT2D eigenvalue weighted by molar-refractivity contribution is 5.80. The third-order valence-corrected chi connectivity index (χ3v) is 4.95. The number of ether oxygens (including phenoxy) is 1. The first-order valence-corrected chi connectivity index (χ1v) is 9.31. The average Bonchev–Trinajstić information content (AvgIpc) is 2.67. The van der Waals surface area contributed by atoms with Crippen LogP contribution in [0.1, 0.15) is 39.9 Å². The largest absolute Gasteiger partial charge is 0.456 e. The molecule has 1 amide bonds. The van der Waals surface area contributed by atoms with Crippen LogP contribution in [0.2, 0.25) is 0 Å². The second-order valence-electron chi connectivity index (χ2n) is 7.01. The predicted octanol–water partition coefficient (Wildman–Crippen LogP) is 2.31. The summed E-state index contributed by atoms with van der Waals surface area (Å²) in [6.07, 6.45) is 0.364. The van der Waals surface area contributed by atoms with E-state index in [4.69, 9.17) is 10.00 Å². The summed E-state index contributed by atoms with van der Waals surface area (Å²) < 4.78 is 5.11. The van der Waals surface area contributed by atoms with Crippen LogP contribution in [0.5, 0.6) is 0 Å². The number of aromatic amines is 1. The molecule has 2 rings (SSSR count). The van der Waals surface area contributed by atoms with E-state index in [1.54, 1.807) is 20.9 Å². The van der Waals surface area contributed by atoms with Gasteiger partial charge in [0.1, 0.15) is 11.6 Å². The number of carbonyl (C=O) groups excluding carboxylic acids is 2. The number of hydrogen-bond donors (Lipinski definition) is 1. The van der Waals surface area contributed by atoms with Crippen molar-refractivity contribution in [2.75, 3.05) is 13.7 Å². The summed E-state index contributed by atoms with van der Waals surface area (Å²) in [4.78, 5) is 40.2. The minimum Gasteiger partial charge on any atom is -0.456 e. The lowest BCUT2D eigenvalue weighted by Gasteiger charge is -2.18. The van der Waals surface area contributed by atoms with Crippen molar-refractivity contribution in [3.8, 4) is 6.07 Å². The van der Waals surface area contributed by atoms with Crippen LogP contribution < -0.4 is 5.56 Å². The molecule has 0 fully saturated rings. The van der Waals surface area contributed by atoms with Crippen molar-refractivity contribution >= 4 is 11.9 Å². The zero-order chi connectivity index (χ0) is 21.6. The number of amides is 1. The smallest absolute Gasteiger partial charge is 0.306 e. The van der Waals surface area contributed by atoms with Gasteiger partial charge in [0.05, 0.1) is 0 Å². The molecule has 0 aliphatic heterocycles. The fraction of sp³-hybridized carbons (Fsp3) is 0.364. The highest BCUT2D eigenvalue weighted by Gasteiger charge is 2.16. The van der Waals surface area contributed by atoms with Gasteiger partial charge in [-0.15, -0.1) is 0 Å². The molecule has 1 aromatic heterocycles. The lowest BCUT2D eigenvalue weighted by Crippen LogP contribution is -2.31. The quantitative estimate of drug-likeness (QED) is 0.725. The number of benzene rings is 1. The van der Waals surface area contributed by atoms with Gasteiger partial charge in [-0.05, 0) is 49.4 Å². The van der Waals surface area contributed by atoms with E-state index >= 15 is 0 Å². The molecular formula is C22H25N3O4. The maximum absolute atomic E-state index is 12.2. The number of esters is 1. The molecule has 2 aromatic rings. The van der Waals surface area contributed by atoms with Gasteiger partial charge >= 0.3 is 5.97 Å². The molecule has 0 bridgehead atoms. The molecule has 0 atom stereocenters. The Morgan fingerprint density at radius 3 is 2.55 bits per heavy atom. The van der Waals surface area contributed by atoms with Crippen molar-refractivity contribution in [3.05, 3.63) is 68.1 Å². The van der Waals surface area contributed by atoms with Gasteiger partial charge in [0.2, 0.25) is 0 Å². The van der Waals surface area contributed by atoms with Crippen molar-refractivity contribution < 1.29 is 14.3 Å². The van der Waals surface area contributed by atoms with Crippen LogP contribution in [0.3, 0.4) is 0 Å². The normalized spacial score (nSPS) is 10.3. The molecule has 0 radical (unpaired) electrons. The van der Waals surface area contributed by atoms with E-state index in [9.17, 15) is 14.4 Å². The van der Waals surface area contributed by atoms with Gasteiger partial charge in [0, 0.05) is 25.7 Å². The summed E-state index contributed by atoms with van der Waals surface area (Å²) in [6, 6.07) is 9.67. The van der Waals surface area contributed by atoms with Gasteiger partial charge in [-0.2, -0.15) is 5.26 Å². The summed E-state index contributed by atoms with van der Waals surface area (Å²) in [7, 11) is 1.67. The zero-order valence-corrected chi connectivity index (χ0v) is 17.2. The molecule has 7 heteroatoms. The van der Waals surface area contributed by atoms with E-state index in [2.05, 4.69) is 4.98 Å². The first-order valence-electron chi connectivity index (χ1n) is 9.31. The topological polar surface area (TPSA) is 103 Å². The molecule has 0 saturated carbocycles. The number of aromatic nitrogens is 1. The number of aryl methyl sites for hydroxylation is 2. The predicted molar refractivity (Wildman–Crippen MR) is 108 cm³/mol. The number of nitriles is 1. The Kier molecular flexibility index (Phi) is 7.32. The molecule has 0 aliphatic carbocycles. The summed E-state index contributed by atoms with van der Waals surface area (Å²) in [5.74, 6) is -0.795. The van der Waals surface area contributed by atoms with Crippen molar-refractivity contribution in [1.82, 2.24) is 9.88 Å². The summed E-state index contributed by atoms with van der Waals surface area (Å²) in [5, 5.41) is 9.11. The number of hydrogen-bond acceptors (Lipinski definition) is 5. The van der Waals surface area contributed by atoms with Crippen LogP contribution in [-0.2, 0) is 27.3 Å². The Morgan fingerprint density at radius 2 is 1.90 bits per heavy atom. The number of H-pyrrole nitrogens is 1. The third-order valence-electron chi connectivity index (χ3n) is 4.95. The lowest BCUT2D eigenvalue weighted by molar-refractivity contribution is -0.151. The van der Waals surface area contributed by atoms with Gasteiger partial charge in [-0.3, -0.25) is 14.4 Å². The molecule has 1 heterocycles. The van der Waals surface area contributed by atoms with Crippen LogP contribution >= 0.6 is 0 Å². The highest BCUT2D eigenvalue weighted by atomic mass is 16.5. The van der Waals surface area contributed by atoms with Crippen LogP contribution in [0.4, 0.5) is 0 Å². The van der Waals surface area contributed by atoms with Crippen LogP contribution in [0.25, 0.3) is 0 Å². The van der Waals surface area contributed by atoms with E-state index in [1.807, 2.05) is 37.3 Å². The standard InChI is InChI=1S/C22H25N3O4/c1-14-7-5-6-8-17(14)12-25(4)20(26)13-29-21(27)10-9-18-15(2)19(11-23)22(28)24-16(18)3/h5-8H,9-10,12-13H2,1-4H3,(H,24,28). The maximum Gasteiger partial charge on any atom is 0.306 e. The molecule has 7 nitrogen and oxygen atoms in total.